The minimum atomic E-state index is -0.714. The normalized spacial score (nSPS) is 21.8. The van der Waals surface area contributed by atoms with Gasteiger partial charge < -0.3 is 5.32 Å². The van der Waals surface area contributed by atoms with E-state index in [1.807, 2.05) is 39.8 Å². The standard InChI is InChI=1S/C22H31NO3/c1-12-8-13(2)19(14(3)9-12)20-17(24)10-16(21(20)26)11-18(25)23-15(4)22(5,6)7/h8-9,15-16,20H,10-11H2,1-7H3,(H,23,25). The van der Waals surface area contributed by atoms with Crippen LogP contribution in [0.4, 0.5) is 0 Å². The second-order valence-corrected chi connectivity index (χ2v) is 8.87. The number of hydrogen-bond donors (Lipinski definition) is 1. The van der Waals surface area contributed by atoms with E-state index in [2.05, 4.69) is 26.1 Å². The number of hydrogen-bond acceptors (Lipinski definition) is 3. The van der Waals surface area contributed by atoms with E-state index in [1.165, 1.54) is 0 Å². The zero-order valence-electron chi connectivity index (χ0n) is 17.0. The average Bonchev–Trinajstić information content (AvgIpc) is 2.72. The first-order valence-corrected chi connectivity index (χ1v) is 9.35. The van der Waals surface area contributed by atoms with Crippen LogP contribution in [0, 0.1) is 32.1 Å². The molecule has 3 atom stereocenters. The van der Waals surface area contributed by atoms with Crippen LogP contribution in [0.5, 0.6) is 0 Å². The summed E-state index contributed by atoms with van der Waals surface area (Å²) in [4.78, 5) is 37.9. The fourth-order valence-electron chi connectivity index (χ4n) is 3.72. The zero-order valence-corrected chi connectivity index (χ0v) is 17.0. The molecule has 2 rings (SSSR count). The van der Waals surface area contributed by atoms with E-state index >= 15 is 0 Å². The topological polar surface area (TPSA) is 63.2 Å². The summed E-state index contributed by atoms with van der Waals surface area (Å²) in [7, 11) is 0. The summed E-state index contributed by atoms with van der Waals surface area (Å²) in [5, 5.41) is 2.96. The lowest BCUT2D eigenvalue weighted by atomic mass is 9.86. The molecule has 0 spiro atoms. The molecule has 1 aliphatic rings. The molecule has 4 nitrogen and oxygen atoms in total. The van der Waals surface area contributed by atoms with Gasteiger partial charge in [-0.15, -0.1) is 0 Å². The Morgan fingerprint density at radius 2 is 1.69 bits per heavy atom. The van der Waals surface area contributed by atoms with E-state index in [-0.39, 0.29) is 41.8 Å². The van der Waals surface area contributed by atoms with Crippen molar-refractivity contribution in [2.45, 2.75) is 73.3 Å². The molecule has 3 unspecified atom stereocenters. The SMILES string of the molecule is Cc1cc(C)c(C2C(=O)CC(CC(=O)NC(C)C(C)(C)C)C2=O)c(C)c1. The van der Waals surface area contributed by atoms with Crippen molar-refractivity contribution < 1.29 is 14.4 Å². The van der Waals surface area contributed by atoms with Crippen molar-refractivity contribution in [3.63, 3.8) is 0 Å². The lowest BCUT2D eigenvalue weighted by Crippen LogP contribution is -2.42. The summed E-state index contributed by atoms with van der Waals surface area (Å²) in [6, 6.07) is 4.02. The molecule has 4 heteroatoms. The lowest BCUT2D eigenvalue weighted by Gasteiger charge is -2.28. The van der Waals surface area contributed by atoms with Gasteiger partial charge in [-0.1, -0.05) is 38.5 Å². The van der Waals surface area contributed by atoms with Gasteiger partial charge >= 0.3 is 0 Å². The van der Waals surface area contributed by atoms with Crippen LogP contribution in [0.3, 0.4) is 0 Å². The van der Waals surface area contributed by atoms with Gasteiger partial charge in [0.1, 0.15) is 11.7 Å². The molecule has 0 bridgehead atoms. The largest absolute Gasteiger partial charge is 0.353 e. The molecule has 0 aliphatic heterocycles. The molecule has 0 aromatic heterocycles. The van der Waals surface area contributed by atoms with Gasteiger partial charge in [0, 0.05) is 24.8 Å². The quantitative estimate of drug-likeness (QED) is 0.834. The molecule has 0 saturated heterocycles. The summed E-state index contributed by atoms with van der Waals surface area (Å²) in [5.74, 6) is -1.56. The maximum absolute atomic E-state index is 12.9. The Bertz CT molecular complexity index is 719. The fourth-order valence-corrected chi connectivity index (χ4v) is 3.72. The molecule has 1 aromatic carbocycles. The van der Waals surface area contributed by atoms with Gasteiger partial charge in [0.2, 0.25) is 5.91 Å². The van der Waals surface area contributed by atoms with E-state index in [0.717, 1.165) is 22.3 Å². The maximum Gasteiger partial charge on any atom is 0.220 e. The molecular formula is C22H31NO3. The van der Waals surface area contributed by atoms with Crippen LogP contribution in [-0.2, 0) is 14.4 Å². The minimum Gasteiger partial charge on any atom is -0.353 e. The minimum absolute atomic E-state index is 0.000379. The van der Waals surface area contributed by atoms with Crippen molar-refractivity contribution in [1.29, 1.82) is 0 Å². The first kappa shape index (κ1) is 20.3. The predicted molar refractivity (Wildman–Crippen MR) is 103 cm³/mol. The number of benzene rings is 1. The Morgan fingerprint density at radius 3 is 2.19 bits per heavy atom. The first-order valence-electron chi connectivity index (χ1n) is 9.35. The van der Waals surface area contributed by atoms with Crippen LogP contribution in [0.15, 0.2) is 12.1 Å². The van der Waals surface area contributed by atoms with Crippen molar-refractivity contribution in [3.05, 3.63) is 34.4 Å². The number of nitrogens with one attached hydrogen (secondary N) is 1. The van der Waals surface area contributed by atoms with Crippen molar-refractivity contribution in [2.24, 2.45) is 11.3 Å². The van der Waals surface area contributed by atoms with Gasteiger partial charge in [-0.25, -0.2) is 0 Å². The van der Waals surface area contributed by atoms with Crippen LogP contribution < -0.4 is 5.32 Å². The monoisotopic (exact) mass is 357 g/mol. The molecule has 26 heavy (non-hydrogen) atoms. The Hall–Kier alpha value is -1.97. The lowest BCUT2D eigenvalue weighted by molar-refractivity contribution is -0.129. The van der Waals surface area contributed by atoms with Gasteiger partial charge in [-0.3, -0.25) is 14.4 Å². The molecule has 0 heterocycles. The summed E-state index contributed by atoms with van der Waals surface area (Å²) in [6.07, 6.45) is 0.249. The van der Waals surface area contributed by atoms with E-state index < -0.39 is 11.8 Å². The zero-order chi connectivity index (χ0) is 19.8. The van der Waals surface area contributed by atoms with Gasteiger partial charge in [0.25, 0.3) is 0 Å². The highest BCUT2D eigenvalue weighted by Gasteiger charge is 2.44. The van der Waals surface area contributed by atoms with Gasteiger partial charge in [0.05, 0.1) is 0 Å². The number of carbonyl (C=O) groups excluding carboxylic acids is 3. The molecule has 142 valence electrons. The van der Waals surface area contributed by atoms with Gasteiger partial charge in [-0.2, -0.15) is 0 Å². The van der Waals surface area contributed by atoms with E-state index in [1.54, 1.807) is 0 Å². The predicted octanol–water partition coefficient (Wildman–Crippen LogP) is 3.79. The highest BCUT2D eigenvalue weighted by atomic mass is 16.2. The van der Waals surface area contributed by atoms with Gasteiger partial charge in [-0.05, 0) is 49.8 Å². The molecule has 0 radical (unpaired) electrons. The van der Waals surface area contributed by atoms with E-state index in [0.29, 0.717) is 0 Å². The molecular weight excluding hydrogens is 326 g/mol. The molecule has 1 aliphatic carbocycles. The number of ketones is 2. The number of rotatable bonds is 4. The third-order valence-electron chi connectivity index (χ3n) is 5.59. The summed E-state index contributed by atoms with van der Waals surface area (Å²) >= 11 is 0. The second-order valence-electron chi connectivity index (χ2n) is 8.87. The van der Waals surface area contributed by atoms with Crippen LogP contribution >= 0.6 is 0 Å². The highest BCUT2D eigenvalue weighted by Crippen LogP contribution is 2.37. The molecule has 1 N–H and O–H groups in total. The Kier molecular flexibility index (Phi) is 5.74. The van der Waals surface area contributed by atoms with Crippen molar-refractivity contribution >= 4 is 17.5 Å². The maximum atomic E-state index is 12.9. The first-order chi connectivity index (χ1) is 11.9. The smallest absolute Gasteiger partial charge is 0.220 e. The average molecular weight is 357 g/mol. The number of amides is 1. The Labute approximate surface area is 156 Å². The molecule has 1 amide bonds. The second kappa shape index (κ2) is 7.34. The van der Waals surface area contributed by atoms with Crippen molar-refractivity contribution in [2.75, 3.05) is 0 Å². The summed E-state index contributed by atoms with van der Waals surface area (Å²) in [6.45, 7) is 14.0. The van der Waals surface area contributed by atoms with Crippen molar-refractivity contribution in [1.82, 2.24) is 5.32 Å². The molecule has 1 saturated carbocycles. The van der Waals surface area contributed by atoms with Gasteiger partial charge in [0.15, 0.2) is 5.78 Å². The van der Waals surface area contributed by atoms with Crippen molar-refractivity contribution in [3.8, 4) is 0 Å². The van der Waals surface area contributed by atoms with Crippen LogP contribution in [0.2, 0.25) is 0 Å². The number of carbonyl (C=O) groups is 3. The van der Waals surface area contributed by atoms with Crippen LogP contribution in [-0.4, -0.2) is 23.5 Å². The molecule has 1 aromatic rings. The van der Waals surface area contributed by atoms with Crippen LogP contribution in [0.25, 0.3) is 0 Å². The fraction of sp³-hybridized carbons (Fsp3) is 0.591. The number of aryl methyl sites for hydroxylation is 3. The third-order valence-corrected chi connectivity index (χ3v) is 5.59. The van der Waals surface area contributed by atoms with E-state index in [9.17, 15) is 14.4 Å². The van der Waals surface area contributed by atoms with Crippen LogP contribution in [0.1, 0.15) is 68.7 Å². The summed E-state index contributed by atoms with van der Waals surface area (Å²) < 4.78 is 0. The Morgan fingerprint density at radius 1 is 1.15 bits per heavy atom. The van der Waals surface area contributed by atoms with E-state index in [4.69, 9.17) is 0 Å². The highest BCUT2D eigenvalue weighted by molar-refractivity contribution is 6.15. The number of Topliss-reactive ketones (excluding diaryl/α,β-unsaturated/α-hetero) is 2. The molecule has 1 fully saturated rings. The Balaban J connectivity index is 2.16. The third kappa shape index (κ3) is 4.22. The summed E-state index contributed by atoms with van der Waals surface area (Å²) in [5.41, 5.74) is 3.84.